The number of anilines is 2. The number of nitrogens with one attached hydrogen (secondary N) is 1. The zero-order valence-electron chi connectivity index (χ0n) is 19.5. The third kappa shape index (κ3) is 3.56. The maximum absolute atomic E-state index is 13.6. The van der Waals surface area contributed by atoms with Crippen LogP contribution in [0.4, 0.5) is 11.8 Å². The van der Waals surface area contributed by atoms with Crippen molar-refractivity contribution in [3.05, 3.63) is 76.2 Å². The highest BCUT2D eigenvalue weighted by Gasteiger charge is 2.23. The van der Waals surface area contributed by atoms with Crippen LogP contribution < -0.4 is 20.9 Å². The normalized spacial score (nSPS) is 15.2. The average molecular weight is 468 g/mol. The lowest BCUT2D eigenvalue weighted by atomic mass is 10.0. The topological polar surface area (TPSA) is 115 Å². The quantitative estimate of drug-likeness (QED) is 0.416. The van der Waals surface area contributed by atoms with E-state index in [1.54, 1.807) is 10.8 Å². The van der Waals surface area contributed by atoms with Crippen molar-refractivity contribution in [3.8, 4) is 11.4 Å². The highest BCUT2D eigenvalue weighted by molar-refractivity contribution is 6.05. The third-order valence-corrected chi connectivity index (χ3v) is 6.56. The second-order valence-corrected chi connectivity index (χ2v) is 9.01. The summed E-state index contributed by atoms with van der Waals surface area (Å²) in [5, 5.41) is 7.95. The number of hydrogen-bond donors (Lipinski definition) is 2. The van der Waals surface area contributed by atoms with E-state index in [1.165, 1.54) is 5.56 Å². The minimum Gasteiger partial charge on any atom is -0.488 e. The SMILES string of the molecule is Cc1ccc(-n2c(=O)c3c(N)n[nH]c3c3cnc(N(C)C[C@H]4CCc5ccccc5O4)nc32)cc1. The zero-order valence-corrected chi connectivity index (χ0v) is 19.5. The standard InChI is InChI=1S/C26H25N7O2/c1-15-7-10-17(11-8-15)33-24-19(22-21(25(33)34)23(27)31-30-22)13-28-26(29-24)32(2)14-18-12-9-16-5-3-4-6-20(16)35-18/h3-8,10-11,13,18H,9,12,14H2,1-2H3,(H3,27,30,31)/t18-/m1/s1. The van der Waals surface area contributed by atoms with Crippen molar-refractivity contribution in [2.75, 3.05) is 24.2 Å². The Morgan fingerprint density at radius 3 is 2.83 bits per heavy atom. The van der Waals surface area contributed by atoms with Crippen LogP contribution in [-0.2, 0) is 6.42 Å². The Kier molecular flexibility index (Phi) is 4.91. The van der Waals surface area contributed by atoms with Gasteiger partial charge in [0.15, 0.2) is 11.5 Å². The maximum atomic E-state index is 13.6. The number of nitrogens with zero attached hydrogens (tertiary/aromatic N) is 5. The molecule has 0 aliphatic carbocycles. The molecule has 0 unspecified atom stereocenters. The number of aromatic amines is 1. The Hall–Kier alpha value is -4.40. The lowest BCUT2D eigenvalue weighted by Gasteiger charge is -2.29. The molecule has 176 valence electrons. The number of nitrogens with two attached hydrogens (primary N) is 1. The van der Waals surface area contributed by atoms with Crippen molar-refractivity contribution in [1.82, 2.24) is 24.7 Å². The van der Waals surface area contributed by atoms with Gasteiger partial charge < -0.3 is 15.4 Å². The summed E-state index contributed by atoms with van der Waals surface area (Å²) in [6, 6.07) is 15.9. The van der Waals surface area contributed by atoms with Gasteiger partial charge in [0.1, 0.15) is 17.2 Å². The third-order valence-electron chi connectivity index (χ3n) is 6.56. The van der Waals surface area contributed by atoms with Crippen LogP contribution in [0.25, 0.3) is 27.6 Å². The van der Waals surface area contributed by atoms with E-state index in [0.29, 0.717) is 40.1 Å². The molecule has 0 bridgehead atoms. The summed E-state index contributed by atoms with van der Waals surface area (Å²) in [6.07, 6.45) is 3.62. The van der Waals surface area contributed by atoms with Gasteiger partial charge in [0.2, 0.25) is 5.95 Å². The number of nitrogen functional groups attached to an aromatic ring is 1. The molecular weight excluding hydrogens is 442 g/mol. The Morgan fingerprint density at radius 1 is 1.20 bits per heavy atom. The van der Waals surface area contributed by atoms with E-state index < -0.39 is 0 Å². The van der Waals surface area contributed by atoms with E-state index in [4.69, 9.17) is 15.5 Å². The number of rotatable bonds is 4. The van der Waals surface area contributed by atoms with E-state index in [-0.39, 0.29) is 17.5 Å². The van der Waals surface area contributed by atoms with Crippen molar-refractivity contribution in [1.29, 1.82) is 0 Å². The molecule has 2 aromatic carbocycles. The molecule has 5 aromatic rings. The minimum atomic E-state index is -0.276. The molecule has 0 spiro atoms. The van der Waals surface area contributed by atoms with Crippen LogP contribution in [0.15, 0.2) is 59.5 Å². The van der Waals surface area contributed by atoms with E-state index in [2.05, 4.69) is 21.2 Å². The number of benzene rings is 2. The summed E-state index contributed by atoms with van der Waals surface area (Å²) in [6.45, 7) is 2.62. The summed E-state index contributed by atoms with van der Waals surface area (Å²) in [5.74, 6) is 1.60. The van der Waals surface area contributed by atoms with Gasteiger partial charge in [0, 0.05) is 13.2 Å². The predicted molar refractivity (Wildman–Crippen MR) is 136 cm³/mol. The summed E-state index contributed by atoms with van der Waals surface area (Å²) < 4.78 is 7.79. The number of H-pyrrole nitrogens is 1. The molecule has 0 saturated heterocycles. The second-order valence-electron chi connectivity index (χ2n) is 9.01. The lowest BCUT2D eigenvalue weighted by Crippen LogP contribution is -2.36. The predicted octanol–water partition coefficient (Wildman–Crippen LogP) is 3.38. The summed E-state index contributed by atoms with van der Waals surface area (Å²) in [5.41, 5.74) is 9.82. The van der Waals surface area contributed by atoms with Crippen LogP contribution in [0.5, 0.6) is 5.75 Å². The number of ether oxygens (including phenoxy) is 1. The van der Waals surface area contributed by atoms with Gasteiger partial charge in [-0.25, -0.2) is 4.98 Å². The van der Waals surface area contributed by atoms with Crippen molar-refractivity contribution >= 4 is 33.7 Å². The molecule has 4 heterocycles. The van der Waals surface area contributed by atoms with Crippen LogP contribution in [0.3, 0.4) is 0 Å². The fourth-order valence-electron chi connectivity index (χ4n) is 4.70. The number of pyridine rings is 1. The Labute approximate surface area is 201 Å². The number of likely N-dealkylation sites (N-methyl/N-ethyl adjacent to an activating group) is 1. The number of aryl methyl sites for hydroxylation is 2. The molecule has 35 heavy (non-hydrogen) atoms. The van der Waals surface area contributed by atoms with Gasteiger partial charge in [-0.05, 0) is 43.5 Å². The first kappa shape index (κ1) is 21.2. The first-order valence-electron chi connectivity index (χ1n) is 11.6. The summed E-state index contributed by atoms with van der Waals surface area (Å²) in [7, 11) is 1.94. The highest BCUT2D eigenvalue weighted by atomic mass is 16.5. The van der Waals surface area contributed by atoms with Crippen molar-refractivity contribution in [2.45, 2.75) is 25.9 Å². The Bertz CT molecular complexity index is 1620. The molecule has 3 N–H and O–H groups in total. The van der Waals surface area contributed by atoms with E-state index in [0.717, 1.165) is 24.2 Å². The fraction of sp³-hybridized carbons (Fsp3) is 0.231. The van der Waals surface area contributed by atoms with E-state index in [1.807, 2.05) is 61.3 Å². The van der Waals surface area contributed by atoms with Gasteiger partial charge in [-0.2, -0.15) is 10.1 Å². The minimum absolute atomic E-state index is 0.0170. The molecular formula is C26H25N7O2. The van der Waals surface area contributed by atoms with Crippen molar-refractivity contribution in [3.63, 3.8) is 0 Å². The molecule has 1 atom stereocenters. The monoisotopic (exact) mass is 467 g/mol. The molecule has 1 aliphatic rings. The fourth-order valence-corrected chi connectivity index (χ4v) is 4.70. The first-order chi connectivity index (χ1) is 17.0. The van der Waals surface area contributed by atoms with Gasteiger partial charge in [0.25, 0.3) is 5.56 Å². The van der Waals surface area contributed by atoms with Crippen LogP contribution in [0, 0.1) is 6.92 Å². The largest absolute Gasteiger partial charge is 0.488 e. The van der Waals surface area contributed by atoms with Gasteiger partial charge >= 0.3 is 0 Å². The maximum Gasteiger partial charge on any atom is 0.270 e. The first-order valence-corrected chi connectivity index (χ1v) is 11.6. The summed E-state index contributed by atoms with van der Waals surface area (Å²) in [4.78, 5) is 25.0. The molecule has 0 fully saturated rings. The molecule has 9 nitrogen and oxygen atoms in total. The lowest BCUT2D eigenvalue weighted by molar-refractivity contribution is 0.179. The molecule has 0 radical (unpaired) electrons. The Balaban J connectivity index is 1.43. The molecule has 1 aliphatic heterocycles. The molecule has 3 aromatic heterocycles. The zero-order chi connectivity index (χ0) is 24.1. The van der Waals surface area contributed by atoms with Gasteiger partial charge in [-0.15, -0.1) is 0 Å². The van der Waals surface area contributed by atoms with Crippen LogP contribution in [-0.4, -0.2) is 44.4 Å². The van der Waals surface area contributed by atoms with Crippen molar-refractivity contribution < 1.29 is 4.74 Å². The number of hydrogen-bond acceptors (Lipinski definition) is 7. The van der Waals surface area contributed by atoms with Crippen LogP contribution >= 0.6 is 0 Å². The van der Waals surface area contributed by atoms with Crippen LogP contribution in [0.2, 0.25) is 0 Å². The summed E-state index contributed by atoms with van der Waals surface area (Å²) >= 11 is 0. The molecule has 0 saturated carbocycles. The highest BCUT2D eigenvalue weighted by Crippen LogP contribution is 2.29. The van der Waals surface area contributed by atoms with Gasteiger partial charge in [-0.3, -0.25) is 14.5 Å². The van der Waals surface area contributed by atoms with Crippen LogP contribution in [0.1, 0.15) is 17.5 Å². The molecule has 6 rings (SSSR count). The van der Waals surface area contributed by atoms with Crippen molar-refractivity contribution in [2.24, 2.45) is 0 Å². The number of para-hydroxylation sites is 1. The molecule has 9 heteroatoms. The van der Waals surface area contributed by atoms with E-state index in [9.17, 15) is 4.79 Å². The number of aromatic nitrogens is 5. The Morgan fingerprint density at radius 2 is 2.00 bits per heavy atom. The van der Waals surface area contributed by atoms with Gasteiger partial charge in [-0.1, -0.05) is 35.9 Å². The smallest absolute Gasteiger partial charge is 0.270 e. The molecule has 0 amide bonds. The average Bonchev–Trinajstić information content (AvgIpc) is 3.26. The van der Waals surface area contributed by atoms with E-state index >= 15 is 0 Å². The van der Waals surface area contributed by atoms with Gasteiger partial charge in [0.05, 0.1) is 23.1 Å². The second kappa shape index (κ2) is 8.12. The number of fused-ring (bicyclic) bond motifs is 4.